The van der Waals surface area contributed by atoms with Crippen LogP contribution in [0.1, 0.15) is 5.56 Å². The van der Waals surface area contributed by atoms with E-state index >= 15 is 0 Å². The summed E-state index contributed by atoms with van der Waals surface area (Å²) in [4.78, 5) is 11.7. The summed E-state index contributed by atoms with van der Waals surface area (Å²) in [6.07, 6.45) is 0.695. The summed E-state index contributed by atoms with van der Waals surface area (Å²) in [5, 5.41) is 2.25. The van der Waals surface area contributed by atoms with E-state index in [0.29, 0.717) is 0 Å². The lowest BCUT2D eigenvalue weighted by atomic mass is 10.1. The lowest BCUT2D eigenvalue weighted by Gasteiger charge is -2.08. The van der Waals surface area contributed by atoms with Crippen molar-refractivity contribution in [3.05, 3.63) is 59.7 Å². The summed E-state index contributed by atoms with van der Waals surface area (Å²) in [5.74, 6) is -1.95. The third kappa shape index (κ3) is 3.88. The van der Waals surface area contributed by atoms with Gasteiger partial charge in [0.25, 0.3) is 0 Å². The second-order valence-corrected chi connectivity index (χ2v) is 6.75. The Morgan fingerprint density at radius 2 is 1.77 bits per heavy atom. The zero-order chi connectivity index (χ0) is 16.3. The van der Waals surface area contributed by atoms with Gasteiger partial charge in [-0.05, 0) is 29.8 Å². The van der Waals surface area contributed by atoms with E-state index in [1.165, 1.54) is 18.2 Å². The molecule has 0 atom stereocenters. The molecule has 0 radical (unpaired) electrons. The van der Waals surface area contributed by atoms with Crippen molar-refractivity contribution < 1.29 is 22.0 Å². The third-order valence-electron chi connectivity index (χ3n) is 2.95. The Kier molecular flexibility index (Phi) is 4.56. The van der Waals surface area contributed by atoms with Gasteiger partial charge in [-0.2, -0.15) is 0 Å². The Balaban J connectivity index is 2.20. The van der Waals surface area contributed by atoms with Crippen LogP contribution in [0.15, 0.2) is 47.4 Å². The number of carbonyl (C=O) groups excluding carboxylic acids is 1. The van der Waals surface area contributed by atoms with Crippen LogP contribution < -0.4 is 5.32 Å². The number of hydrogen-bond acceptors (Lipinski definition) is 3. The van der Waals surface area contributed by atoms with Gasteiger partial charge >= 0.3 is 0 Å². The first kappa shape index (κ1) is 16.1. The largest absolute Gasteiger partial charge is 0.323 e. The highest BCUT2D eigenvalue weighted by Crippen LogP contribution is 2.20. The molecule has 1 amide bonds. The lowest BCUT2D eigenvalue weighted by molar-refractivity contribution is -0.115. The zero-order valence-corrected chi connectivity index (χ0v) is 12.5. The minimum atomic E-state index is -3.52. The Morgan fingerprint density at radius 1 is 1.09 bits per heavy atom. The van der Waals surface area contributed by atoms with Crippen molar-refractivity contribution in [1.82, 2.24) is 0 Å². The molecule has 2 aromatic carbocycles. The normalized spacial score (nSPS) is 11.2. The Morgan fingerprint density at radius 3 is 2.41 bits per heavy atom. The van der Waals surface area contributed by atoms with Gasteiger partial charge in [0.2, 0.25) is 5.91 Å². The molecule has 0 aliphatic carbocycles. The van der Waals surface area contributed by atoms with Gasteiger partial charge in [0.05, 0.1) is 17.0 Å². The second kappa shape index (κ2) is 6.23. The average molecular weight is 325 g/mol. The predicted octanol–water partition coefficient (Wildman–Crippen LogP) is 2.55. The molecule has 0 spiro atoms. The highest BCUT2D eigenvalue weighted by Gasteiger charge is 2.14. The molecule has 2 rings (SSSR count). The van der Waals surface area contributed by atoms with Gasteiger partial charge in [0.15, 0.2) is 9.84 Å². The van der Waals surface area contributed by atoms with Crippen LogP contribution in [0.25, 0.3) is 0 Å². The van der Waals surface area contributed by atoms with E-state index in [0.717, 1.165) is 24.5 Å². The molecule has 0 heterocycles. The molecular weight excluding hydrogens is 312 g/mol. The van der Waals surface area contributed by atoms with E-state index in [4.69, 9.17) is 0 Å². The summed E-state index contributed by atoms with van der Waals surface area (Å²) in [6, 6.07) is 8.82. The maximum absolute atomic E-state index is 13.7. The Bertz CT molecular complexity index is 819. The van der Waals surface area contributed by atoms with Gasteiger partial charge in [-0.15, -0.1) is 0 Å². The van der Waals surface area contributed by atoms with Crippen molar-refractivity contribution >= 4 is 21.4 Å². The molecule has 22 heavy (non-hydrogen) atoms. The van der Waals surface area contributed by atoms with Crippen molar-refractivity contribution in [3.8, 4) is 0 Å². The van der Waals surface area contributed by atoms with E-state index in [1.807, 2.05) is 0 Å². The van der Waals surface area contributed by atoms with E-state index in [1.54, 1.807) is 6.07 Å². The van der Waals surface area contributed by atoms with E-state index in [2.05, 4.69) is 5.32 Å². The van der Waals surface area contributed by atoms with Crippen LogP contribution in [0.2, 0.25) is 0 Å². The first-order valence-electron chi connectivity index (χ1n) is 6.30. The molecule has 7 heteroatoms. The number of anilines is 1. The number of sulfone groups is 1. The average Bonchev–Trinajstić information content (AvgIpc) is 2.42. The van der Waals surface area contributed by atoms with E-state index < -0.39 is 27.4 Å². The summed E-state index contributed by atoms with van der Waals surface area (Å²) in [5.41, 5.74) is -0.0936. The molecule has 116 valence electrons. The SMILES string of the molecule is CS(=O)(=O)c1ccc(F)c(NC(=O)Cc2ccccc2F)c1. The number of carbonyl (C=O) groups is 1. The fourth-order valence-electron chi connectivity index (χ4n) is 1.84. The van der Waals surface area contributed by atoms with Gasteiger partial charge in [-0.25, -0.2) is 17.2 Å². The highest BCUT2D eigenvalue weighted by atomic mass is 32.2. The van der Waals surface area contributed by atoms with Crippen LogP contribution in [0.5, 0.6) is 0 Å². The van der Waals surface area contributed by atoms with Gasteiger partial charge in [0, 0.05) is 6.26 Å². The monoisotopic (exact) mass is 325 g/mol. The Hall–Kier alpha value is -2.28. The molecule has 2 aromatic rings. The molecule has 1 N–H and O–H groups in total. The number of hydrogen-bond donors (Lipinski definition) is 1. The molecular formula is C15H13F2NO3S. The second-order valence-electron chi connectivity index (χ2n) is 4.73. The number of halogens is 2. The van der Waals surface area contributed by atoms with Gasteiger partial charge < -0.3 is 5.32 Å². The number of nitrogens with one attached hydrogen (secondary N) is 1. The standard InChI is InChI=1S/C15H13F2NO3S/c1-22(20,21)11-6-7-13(17)14(9-11)18-15(19)8-10-4-2-3-5-12(10)16/h2-7,9H,8H2,1H3,(H,18,19). The van der Waals surface area contributed by atoms with E-state index in [-0.39, 0.29) is 22.6 Å². The zero-order valence-electron chi connectivity index (χ0n) is 11.6. The Labute approximate surface area is 126 Å². The molecule has 0 saturated heterocycles. The molecule has 0 aliphatic heterocycles. The van der Waals surface area contributed by atoms with Crippen LogP contribution in [0.4, 0.5) is 14.5 Å². The van der Waals surface area contributed by atoms with Gasteiger partial charge in [-0.1, -0.05) is 18.2 Å². The summed E-state index contributed by atoms with van der Waals surface area (Å²) < 4.78 is 50.0. The third-order valence-corrected chi connectivity index (χ3v) is 4.06. The molecule has 0 fully saturated rings. The van der Waals surface area contributed by atoms with Crippen LogP contribution in [0, 0.1) is 11.6 Å². The highest BCUT2D eigenvalue weighted by molar-refractivity contribution is 7.90. The smallest absolute Gasteiger partial charge is 0.228 e. The van der Waals surface area contributed by atoms with Gasteiger partial charge in [-0.3, -0.25) is 4.79 Å². The lowest BCUT2D eigenvalue weighted by Crippen LogP contribution is -2.16. The maximum atomic E-state index is 13.7. The molecule has 0 aliphatic rings. The first-order valence-corrected chi connectivity index (χ1v) is 8.19. The minimum Gasteiger partial charge on any atom is -0.323 e. The topological polar surface area (TPSA) is 63.2 Å². The van der Waals surface area contributed by atoms with Gasteiger partial charge in [0.1, 0.15) is 11.6 Å². The summed E-state index contributed by atoms with van der Waals surface area (Å²) in [6.45, 7) is 0. The summed E-state index contributed by atoms with van der Waals surface area (Å²) in [7, 11) is -3.52. The van der Waals surface area contributed by atoms with Crippen molar-refractivity contribution in [2.75, 3.05) is 11.6 Å². The molecule has 0 saturated carbocycles. The van der Waals surface area contributed by atoms with Crippen LogP contribution >= 0.6 is 0 Å². The number of rotatable bonds is 4. The fourth-order valence-corrected chi connectivity index (χ4v) is 2.49. The quantitative estimate of drug-likeness (QED) is 0.879. The first-order chi connectivity index (χ1) is 10.3. The van der Waals surface area contributed by atoms with Crippen LogP contribution in [-0.4, -0.2) is 20.6 Å². The molecule has 0 unspecified atom stereocenters. The maximum Gasteiger partial charge on any atom is 0.228 e. The van der Waals surface area contributed by atoms with Crippen molar-refractivity contribution in [2.45, 2.75) is 11.3 Å². The number of amides is 1. The van der Waals surface area contributed by atoms with Crippen molar-refractivity contribution in [1.29, 1.82) is 0 Å². The van der Waals surface area contributed by atoms with E-state index in [9.17, 15) is 22.0 Å². The molecule has 0 bridgehead atoms. The molecule has 0 aromatic heterocycles. The van der Waals surface area contributed by atoms with Crippen LogP contribution in [-0.2, 0) is 21.1 Å². The van der Waals surface area contributed by atoms with Crippen LogP contribution in [0.3, 0.4) is 0 Å². The summed E-state index contributed by atoms with van der Waals surface area (Å²) >= 11 is 0. The van der Waals surface area contributed by atoms with Crippen molar-refractivity contribution in [3.63, 3.8) is 0 Å². The number of benzene rings is 2. The predicted molar refractivity (Wildman–Crippen MR) is 78.2 cm³/mol. The minimum absolute atomic E-state index is 0.116. The van der Waals surface area contributed by atoms with Crippen molar-refractivity contribution in [2.24, 2.45) is 0 Å². The molecule has 4 nitrogen and oxygen atoms in total. The fraction of sp³-hybridized carbons (Fsp3) is 0.133.